The molecule has 0 aliphatic heterocycles. The highest BCUT2D eigenvalue weighted by atomic mass is 32.1. The molecule has 1 N–H and O–H groups in total. The molecule has 2 aromatic rings. The molecule has 88 valence electrons. The van der Waals surface area contributed by atoms with Gasteiger partial charge in [0.15, 0.2) is 0 Å². The molecule has 0 atom stereocenters. The van der Waals surface area contributed by atoms with Gasteiger partial charge in [-0.1, -0.05) is 6.07 Å². The topological polar surface area (TPSA) is 59.3 Å². The lowest BCUT2D eigenvalue weighted by Crippen LogP contribution is -2.22. The number of nitrogens with zero attached hydrogens (tertiary/aromatic N) is 1. The number of rotatable bonds is 3. The summed E-state index contributed by atoms with van der Waals surface area (Å²) in [6.45, 7) is 2.13. The molecule has 0 bridgehead atoms. The molecule has 0 aliphatic rings. The van der Waals surface area contributed by atoms with Crippen LogP contribution in [0.5, 0.6) is 0 Å². The highest BCUT2D eigenvalue weighted by Crippen LogP contribution is 2.17. The number of hydrogen-bond donors (Lipinski definition) is 1. The lowest BCUT2D eigenvalue weighted by Gasteiger charge is -2.08. The van der Waals surface area contributed by atoms with E-state index in [4.69, 9.17) is 5.11 Å². The summed E-state index contributed by atoms with van der Waals surface area (Å²) in [5.41, 5.74) is 1.37. The van der Waals surface area contributed by atoms with Gasteiger partial charge < -0.3 is 9.67 Å². The Kier molecular flexibility index (Phi) is 3.10. The summed E-state index contributed by atoms with van der Waals surface area (Å²) in [6, 6.07) is 6.74. The summed E-state index contributed by atoms with van der Waals surface area (Å²) in [6.07, 6.45) is 0. The fourth-order valence-corrected chi connectivity index (χ4v) is 2.40. The second-order valence-corrected chi connectivity index (χ2v) is 4.59. The number of aromatic nitrogens is 1. The van der Waals surface area contributed by atoms with Gasteiger partial charge in [-0.15, -0.1) is 11.3 Å². The van der Waals surface area contributed by atoms with Crippen LogP contribution in [0.3, 0.4) is 0 Å². The number of hydrogen-bond acceptors (Lipinski definition) is 3. The summed E-state index contributed by atoms with van der Waals surface area (Å²) >= 11 is 1.17. The van der Waals surface area contributed by atoms with Crippen LogP contribution in [0.1, 0.15) is 20.9 Å². The highest BCUT2D eigenvalue weighted by Gasteiger charge is 2.12. The van der Waals surface area contributed by atoms with E-state index in [1.54, 1.807) is 22.1 Å². The third kappa shape index (κ3) is 2.29. The Hall–Kier alpha value is -1.88. The van der Waals surface area contributed by atoms with Gasteiger partial charge in [0.2, 0.25) is 0 Å². The fraction of sp³-hybridized carbons (Fsp3) is 0.167. The standard InChI is InChI=1S/C12H11NO3S/c1-8-3-2-4-10(14)13(8)7-9-5-6-17-11(9)12(15)16/h2-6H,7H2,1H3,(H,15,16). The minimum Gasteiger partial charge on any atom is -0.477 e. The number of carboxylic acid groups (broad SMARTS) is 1. The quantitative estimate of drug-likeness (QED) is 0.904. The van der Waals surface area contributed by atoms with Gasteiger partial charge in [0, 0.05) is 11.8 Å². The molecule has 0 unspecified atom stereocenters. The predicted octanol–water partition coefficient (Wildman–Crippen LogP) is 1.96. The number of aromatic carboxylic acids is 1. The first-order chi connectivity index (χ1) is 8.09. The normalized spacial score (nSPS) is 10.4. The number of carboxylic acids is 1. The second-order valence-electron chi connectivity index (χ2n) is 3.67. The fourth-order valence-electron chi connectivity index (χ4n) is 1.64. The molecule has 0 saturated heterocycles. The Morgan fingerprint density at radius 1 is 1.41 bits per heavy atom. The van der Waals surface area contributed by atoms with Crippen molar-refractivity contribution in [1.82, 2.24) is 4.57 Å². The first kappa shape index (κ1) is 11.6. The Bertz CT molecular complexity index is 612. The van der Waals surface area contributed by atoms with Crippen LogP contribution >= 0.6 is 11.3 Å². The van der Waals surface area contributed by atoms with E-state index in [2.05, 4.69) is 0 Å². The minimum atomic E-state index is -0.948. The first-order valence-electron chi connectivity index (χ1n) is 5.05. The maximum atomic E-state index is 11.7. The zero-order chi connectivity index (χ0) is 12.4. The molecule has 0 spiro atoms. The molecule has 0 radical (unpaired) electrons. The van der Waals surface area contributed by atoms with Crippen molar-refractivity contribution in [2.45, 2.75) is 13.5 Å². The zero-order valence-corrected chi connectivity index (χ0v) is 10.0. The maximum absolute atomic E-state index is 11.7. The molecular formula is C12H11NO3S. The van der Waals surface area contributed by atoms with Crippen LogP contribution < -0.4 is 5.56 Å². The average Bonchev–Trinajstić information content (AvgIpc) is 2.72. The van der Waals surface area contributed by atoms with Crippen LogP contribution in [0, 0.1) is 6.92 Å². The van der Waals surface area contributed by atoms with E-state index >= 15 is 0 Å². The molecule has 2 aromatic heterocycles. The SMILES string of the molecule is Cc1cccc(=O)n1Cc1ccsc1C(=O)O. The van der Waals surface area contributed by atoms with Crippen molar-refractivity contribution >= 4 is 17.3 Å². The Morgan fingerprint density at radius 3 is 2.82 bits per heavy atom. The highest BCUT2D eigenvalue weighted by molar-refractivity contribution is 7.12. The monoisotopic (exact) mass is 249 g/mol. The van der Waals surface area contributed by atoms with Crippen LogP contribution in [-0.2, 0) is 6.54 Å². The number of pyridine rings is 1. The average molecular weight is 249 g/mol. The van der Waals surface area contributed by atoms with Crippen LogP contribution in [0.4, 0.5) is 0 Å². The van der Waals surface area contributed by atoms with Crippen LogP contribution in [0.15, 0.2) is 34.4 Å². The van der Waals surface area contributed by atoms with E-state index < -0.39 is 5.97 Å². The van der Waals surface area contributed by atoms with Gasteiger partial charge in [-0.2, -0.15) is 0 Å². The van der Waals surface area contributed by atoms with Crippen molar-refractivity contribution in [3.63, 3.8) is 0 Å². The molecule has 0 amide bonds. The van der Waals surface area contributed by atoms with E-state index in [9.17, 15) is 9.59 Å². The molecule has 4 nitrogen and oxygen atoms in total. The molecule has 0 saturated carbocycles. The maximum Gasteiger partial charge on any atom is 0.346 e. The van der Waals surface area contributed by atoms with E-state index in [0.717, 1.165) is 5.69 Å². The van der Waals surface area contributed by atoms with Crippen molar-refractivity contribution in [3.05, 3.63) is 56.1 Å². The number of thiophene rings is 1. The Morgan fingerprint density at radius 2 is 2.18 bits per heavy atom. The van der Waals surface area contributed by atoms with Gasteiger partial charge >= 0.3 is 5.97 Å². The van der Waals surface area contributed by atoms with Crippen molar-refractivity contribution in [3.8, 4) is 0 Å². The molecule has 17 heavy (non-hydrogen) atoms. The molecular weight excluding hydrogens is 238 g/mol. The van der Waals surface area contributed by atoms with Crippen LogP contribution in [0.2, 0.25) is 0 Å². The summed E-state index contributed by atoms with van der Waals surface area (Å²) < 4.78 is 1.56. The van der Waals surface area contributed by atoms with Crippen molar-refractivity contribution in [2.75, 3.05) is 0 Å². The molecule has 0 aliphatic carbocycles. The zero-order valence-electron chi connectivity index (χ0n) is 9.21. The van der Waals surface area contributed by atoms with Gasteiger partial charge in [-0.3, -0.25) is 4.79 Å². The predicted molar refractivity (Wildman–Crippen MR) is 65.8 cm³/mol. The smallest absolute Gasteiger partial charge is 0.346 e. The molecule has 5 heteroatoms. The second kappa shape index (κ2) is 4.55. The third-order valence-corrected chi connectivity index (χ3v) is 3.48. The summed E-state index contributed by atoms with van der Waals surface area (Å²) in [5, 5.41) is 10.7. The summed E-state index contributed by atoms with van der Waals surface area (Å²) in [7, 11) is 0. The van der Waals surface area contributed by atoms with Crippen molar-refractivity contribution in [2.24, 2.45) is 0 Å². The Labute approximate surface area is 102 Å². The minimum absolute atomic E-state index is 0.118. The summed E-state index contributed by atoms with van der Waals surface area (Å²) in [5.74, 6) is -0.948. The largest absolute Gasteiger partial charge is 0.477 e. The van der Waals surface area contributed by atoms with Crippen molar-refractivity contribution in [1.29, 1.82) is 0 Å². The molecule has 2 rings (SSSR count). The lowest BCUT2D eigenvalue weighted by atomic mass is 10.2. The molecule has 2 heterocycles. The van der Waals surface area contributed by atoms with Gasteiger partial charge in [0.05, 0.1) is 6.54 Å². The first-order valence-corrected chi connectivity index (χ1v) is 5.93. The van der Waals surface area contributed by atoms with Crippen LogP contribution in [0.25, 0.3) is 0 Å². The van der Waals surface area contributed by atoms with Gasteiger partial charge in [-0.05, 0) is 30.0 Å². The van der Waals surface area contributed by atoms with Crippen LogP contribution in [-0.4, -0.2) is 15.6 Å². The Balaban J connectivity index is 2.42. The molecule has 0 fully saturated rings. The van der Waals surface area contributed by atoms with Gasteiger partial charge in [0.25, 0.3) is 5.56 Å². The van der Waals surface area contributed by atoms with Crippen molar-refractivity contribution < 1.29 is 9.90 Å². The van der Waals surface area contributed by atoms with Gasteiger partial charge in [-0.25, -0.2) is 4.79 Å². The molecule has 0 aromatic carbocycles. The number of carbonyl (C=O) groups is 1. The van der Waals surface area contributed by atoms with E-state index in [-0.39, 0.29) is 5.56 Å². The van der Waals surface area contributed by atoms with E-state index in [1.807, 2.05) is 13.0 Å². The lowest BCUT2D eigenvalue weighted by molar-refractivity contribution is 0.0701. The van der Waals surface area contributed by atoms with E-state index in [1.165, 1.54) is 17.4 Å². The third-order valence-electron chi connectivity index (χ3n) is 2.54. The summed E-state index contributed by atoms with van der Waals surface area (Å²) in [4.78, 5) is 22.9. The number of aryl methyl sites for hydroxylation is 1. The van der Waals surface area contributed by atoms with Gasteiger partial charge in [0.1, 0.15) is 4.88 Å². The van der Waals surface area contributed by atoms with E-state index in [0.29, 0.717) is 17.0 Å².